The van der Waals surface area contributed by atoms with Gasteiger partial charge >= 0.3 is 0 Å². The van der Waals surface area contributed by atoms with Gasteiger partial charge in [-0.1, -0.05) is 27.7 Å². The van der Waals surface area contributed by atoms with Crippen LogP contribution in [0.4, 0.5) is 0 Å². The predicted octanol–water partition coefficient (Wildman–Crippen LogP) is 1.20. The van der Waals surface area contributed by atoms with Gasteiger partial charge in [0.1, 0.15) is 11.0 Å². The highest BCUT2D eigenvalue weighted by Gasteiger charge is 2.41. The van der Waals surface area contributed by atoms with E-state index in [9.17, 15) is 9.59 Å². The van der Waals surface area contributed by atoms with Crippen LogP contribution in [0.1, 0.15) is 82.8 Å². The second kappa shape index (κ2) is 11.9. The zero-order valence-electron chi connectivity index (χ0n) is 26.4. The summed E-state index contributed by atoms with van der Waals surface area (Å²) in [5, 5.41) is 26.5. The molecule has 14 nitrogen and oxygen atoms in total. The molecule has 44 heavy (non-hydrogen) atoms. The molecule has 0 saturated carbocycles. The third-order valence-corrected chi connectivity index (χ3v) is 9.04. The van der Waals surface area contributed by atoms with Crippen molar-refractivity contribution in [1.82, 2.24) is 54.7 Å². The number of nitrogens with one attached hydrogen (secondary N) is 2. The largest absolute Gasteiger partial charge is 0.331 e. The summed E-state index contributed by atoms with van der Waals surface area (Å²) >= 11 is 0. The maximum Gasteiger partial charge on any atom is 0.295 e. The Morgan fingerprint density at radius 3 is 1.59 bits per heavy atom. The fraction of sp³-hybridized carbons (Fsp3) is 0.633. The predicted molar refractivity (Wildman–Crippen MR) is 167 cm³/mol. The number of nitrogens with zero attached hydrogens (tertiary/aromatic N) is 9. The van der Waals surface area contributed by atoms with Crippen LogP contribution in [-0.4, -0.2) is 88.2 Å². The van der Waals surface area contributed by atoms with Crippen LogP contribution in [0.5, 0.6) is 0 Å². The fourth-order valence-corrected chi connectivity index (χ4v) is 6.84. The summed E-state index contributed by atoms with van der Waals surface area (Å²) in [5.74, 6) is -0.536. The minimum atomic E-state index is -1.45. The maximum absolute atomic E-state index is 15.3. The van der Waals surface area contributed by atoms with Gasteiger partial charge < -0.3 is 15.5 Å². The molecule has 2 saturated heterocycles. The van der Waals surface area contributed by atoms with Crippen molar-refractivity contribution in [1.29, 1.82) is 0 Å². The summed E-state index contributed by atoms with van der Waals surface area (Å²) in [6.45, 7) is 11.0. The number of hydrogen-bond acceptors (Lipinski definition) is 9. The summed E-state index contributed by atoms with van der Waals surface area (Å²) in [5.41, 5.74) is 0.882. The number of amides is 1. The molecule has 2 atom stereocenters. The second-order valence-corrected chi connectivity index (χ2v) is 12.8. The molecule has 0 aromatic carbocycles. The molecule has 2 fully saturated rings. The summed E-state index contributed by atoms with van der Waals surface area (Å²) in [4.78, 5) is 45.9. The lowest BCUT2D eigenvalue weighted by molar-refractivity contribution is -0.143. The quantitative estimate of drug-likeness (QED) is 0.317. The molecule has 0 bridgehead atoms. The minimum absolute atomic E-state index is 0.0824. The molecule has 4 aromatic heterocycles. The summed E-state index contributed by atoms with van der Waals surface area (Å²) < 4.78 is 5.39. The van der Waals surface area contributed by atoms with E-state index in [1.165, 1.54) is 18.7 Å². The van der Waals surface area contributed by atoms with Gasteiger partial charge in [0.25, 0.3) is 17.0 Å². The average Bonchev–Trinajstić information content (AvgIpc) is 3.59. The van der Waals surface area contributed by atoms with Crippen molar-refractivity contribution in [3.63, 3.8) is 0 Å². The van der Waals surface area contributed by atoms with E-state index in [1.807, 2.05) is 32.6 Å². The van der Waals surface area contributed by atoms with Crippen molar-refractivity contribution < 1.29 is 4.79 Å². The standard InChI is InChI=1S/C30H43N11O3/c1-17(2)23-21-15-33-37(5)25(21)28(42)40(35-23)27(41-29(43)26-22(16-34-38(26)6)24(36-41)18(3)4)30(44)39(19-9-7-11-31-13-19)20-10-8-12-32-14-20/h15-20,27,31-32H,7-14H2,1-6H3/t19-,20-/m1/s1. The Morgan fingerprint density at radius 2 is 1.23 bits per heavy atom. The molecule has 6 rings (SSSR count). The Kier molecular flexibility index (Phi) is 8.14. The number of carbonyl (C=O) groups excluding carboxylic acids is 1. The van der Waals surface area contributed by atoms with E-state index in [2.05, 4.69) is 20.8 Å². The molecular weight excluding hydrogens is 562 g/mol. The lowest BCUT2D eigenvalue weighted by Gasteiger charge is -2.43. The number of carbonyl (C=O) groups is 1. The summed E-state index contributed by atoms with van der Waals surface area (Å²) in [6.07, 6.45) is 5.31. The molecule has 0 radical (unpaired) electrons. The monoisotopic (exact) mass is 605 g/mol. The molecule has 2 N–H and O–H groups in total. The second-order valence-electron chi connectivity index (χ2n) is 12.8. The van der Waals surface area contributed by atoms with Gasteiger partial charge in [0.15, 0.2) is 0 Å². The van der Waals surface area contributed by atoms with Crippen LogP contribution in [0.3, 0.4) is 0 Å². The van der Waals surface area contributed by atoms with E-state index in [1.54, 1.807) is 26.5 Å². The topological polar surface area (TPSA) is 150 Å². The number of hydrogen-bond donors (Lipinski definition) is 2. The van der Waals surface area contributed by atoms with Crippen molar-refractivity contribution in [2.45, 2.75) is 83.5 Å². The van der Waals surface area contributed by atoms with Crippen LogP contribution >= 0.6 is 0 Å². The average molecular weight is 606 g/mol. The van der Waals surface area contributed by atoms with E-state index in [0.717, 1.165) is 38.8 Å². The van der Waals surface area contributed by atoms with Crippen molar-refractivity contribution in [3.05, 3.63) is 44.5 Å². The number of aryl methyl sites for hydroxylation is 2. The number of piperidine rings is 2. The molecular formula is C30H43N11O3. The first kappa shape index (κ1) is 30.1. The first-order valence-electron chi connectivity index (χ1n) is 15.7. The van der Waals surface area contributed by atoms with Crippen molar-refractivity contribution in [2.75, 3.05) is 26.2 Å². The lowest BCUT2D eigenvalue weighted by Crippen LogP contribution is -2.60. The molecule has 0 unspecified atom stereocenters. The van der Waals surface area contributed by atoms with Crippen LogP contribution in [0, 0.1) is 0 Å². The van der Waals surface area contributed by atoms with E-state index in [-0.39, 0.29) is 29.8 Å². The zero-order chi connectivity index (χ0) is 31.3. The molecule has 2 aliphatic rings. The SMILES string of the molecule is CC(C)c1nn(C(C(=O)N([C@@H]2CCCNC2)[C@@H]2CCCNC2)n2nc(C(C)C)c3cnn(C)c3c2=O)c(=O)c2c1cnn2C. The van der Waals surface area contributed by atoms with E-state index in [4.69, 9.17) is 10.2 Å². The smallest absolute Gasteiger partial charge is 0.295 e. The van der Waals surface area contributed by atoms with Gasteiger partial charge in [0.05, 0.1) is 23.8 Å². The minimum Gasteiger partial charge on any atom is -0.331 e. The van der Waals surface area contributed by atoms with E-state index < -0.39 is 17.3 Å². The molecule has 6 heterocycles. The van der Waals surface area contributed by atoms with Crippen LogP contribution < -0.4 is 21.8 Å². The molecule has 14 heteroatoms. The maximum atomic E-state index is 15.3. The van der Waals surface area contributed by atoms with Gasteiger partial charge in [-0.05, 0) is 50.6 Å². The van der Waals surface area contributed by atoms with Gasteiger partial charge in [-0.2, -0.15) is 29.8 Å². The first-order chi connectivity index (χ1) is 21.1. The fourth-order valence-electron chi connectivity index (χ4n) is 6.84. The highest BCUT2D eigenvalue weighted by atomic mass is 16.2. The first-order valence-corrected chi connectivity index (χ1v) is 15.7. The van der Waals surface area contributed by atoms with Gasteiger partial charge in [0, 0.05) is 50.0 Å². The van der Waals surface area contributed by atoms with Crippen molar-refractivity contribution >= 4 is 27.7 Å². The zero-order valence-corrected chi connectivity index (χ0v) is 26.4. The molecule has 236 valence electrons. The van der Waals surface area contributed by atoms with Gasteiger partial charge in [0.2, 0.25) is 6.17 Å². The molecule has 2 aliphatic heterocycles. The van der Waals surface area contributed by atoms with E-state index in [0.29, 0.717) is 46.3 Å². The van der Waals surface area contributed by atoms with Gasteiger partial charge in [-0.25, -0.2) is 0 Å². The summed E-state index contributed by atoms with van der Waals surface area (Å²) in [6, 6.07) is -0.213. The van der Waals surface area contributed by atoms with E-state index >= 15 is 4.79 Å². The third kappa shape index (κ3) is 5.03. The van der Waals surface area contributed by atoms with Gasteiger partial charge in [-0.3, -0.25) is 23.7 Å². The highest BCUT2D eigenvalue weighted by molar-refractivity contribution is 5.85. The third-order valence-electron chi connectivity index (χ3n) is 9.04. The van der Waals surface area contributed by atoms with Crippen molar-refractivity contribution in [3.8, 4) is 0 Å². The Morgan fingerprint density at radius 1 is 0.795 bits per heavy atom. The Labute approximate surface area is 255 Å². The highest BCUT2D eigenvalue weighted by Crippen LogP contribution is 2.27. The number of fused-ring (bicyclic) bond motifs is 2. The Balaban J connectivity index is 1.66. The van der Waals surface area contributed by atoms with Gasteiger partial charge in [-0.15, -0.1) is 0 Å². The molecule has 0 spiro atoms. The molecule has 0 aliphatic carbocycles. The normalized spacial score (nSPS) is 19.6. The van der Waals surface area contributed by atoms with Crippen LogP contribution in [0.15, 0.2) is 22.0 Å². The van der Waals surface area contributed by atoms with Crippen molar-refractivity contribution in [2.24, 2.45) is 14.1 Å². The number of aromatic nitrogens is 8. The van der Waals surface area contributed by atoms with Crippen LogP contribution in [0.2, 0.25) is 0 Å². The molecule has 4 aromatic rings. The Bertz CT molecular complexity index is 1680. The van der Waals surface area contributed by atoms with Crippen LogP contribution in [0.25, 0.3) is 21.8 Å². The summed E-state index contributed by atoms with van der Waals surface area (Å²) in [7, 11) is 3.40. The Hall–Kier alpha value is -3.91. The van der Waals surface area contributed by atoms with Crippen LogP contribution in [-0.2, 0) is 18.9 Å². The number of rotatable bonds is 7. The molecule has 1 amide bonds. The lowest BCUT2D eigenvalue weighted by atomic mass is 9.98.